The van der Waals surface area contributed by atoms with Crippen LogP contribution in [0.5, 0.6) is 0 Å². The zero-order valence-electron chi connectivity index (χ0n) is 27.0. The van der Waals surface area contributed by atoms with E-state index in [1.54, 1.807) is 12.1 Å². The molecule has 212 valence electrons. The molecule has 0 N–H and O–H groups in total. The van der Waals surface area contributed by atoms with Gasteiger partial charge in [0.25, 0.3) is 0 Å². The van der Waals surface area contributed by atoms with Crippen LogP contribution >= 0.6 is 0 Å². The second kappa shape index (κ2) is 17.0. The van der Waals surface area contributed by atoms with Gasteiger partial charge in [0.15, 0.2) is 0 Å². The third kappa shape index (κ3) is 44.2. The average molecular weight is 694 g/mol. The van der Waals surface area contributed by atoms with E-state index in [-0.39, 0.29) is 64.3 Å². The number of rotatable bonds is 1. The fourth-order valence-corrected chi connectivity index (χ4v) is 4.07. The Labute approximate surface area is 245 Å². The summed E-state index contributed by atoms with van der Waals surface area (Å²) < 4.78 is 23.5. The molecule has 0 aromatic heterocycles. The van der Waals surface area contributed by atoms with Gasteiger partial charge in [-0.3, -0.25) is 8.22 Å². The SMILES string of the molecule is CC(C)(C)[N-]C(C)(C)C.CC(C)(C)[N-]C(C)(C)C.CC(C)(C)[N-]C(C)(C)C.F[SiH](F)[c-]1cccc1.[Hf+4]. The zero-order chi connectivity index (χ0) is 29.1. The van der Waals surface area contributed by atoms with Crippen molar-refractivity contribution in [3.63, 3.8) is 0 Å². The average Bonchev–Trinajstić information content (AvgIpc) is 2.89. The Morgan fingerprint density at radius 2 is 0.611 bits per heavy atom. The van der Waals surface area contributed by atoms with Crippen molar-refractivity contribution in [2.24, 2.45) is 0 Å². The van der Waals surface area contributed by atoms with E-state index in [1.165, 1.54) is 12.1 Å². The van der Waals surface area contributed by atoms with Crippen molar-refractivity contribution in [2.45, 2.75) is 158 Å². The summed E-state index contributed by atoms with van der Waals surface area (Å²) in [6.07, 6.45) is 0. The van der Waals surface area contributed by atoms with Crippen molar-refractivity contribution >= 4 is 14.7 Å². The first-order valence-corrected chi connectivity index (χ1v) is 14.1. The molecule has 0 atom stereocenters. The topological polar surface area (TPSA) is 42.3 Å². The van der Waals surface area contributed by atoms with Gasteiger partial charge in [0.05, 0.1) is 0 Å². The van der Waals surface area contributed by atoms with E-state index in [1.807, 2.05) is 0 Å². The predicted molar refractivity (Wildman–Crippen MR) is 160 cm³/mol. The first-order chi connectivity index (χ1) is 14.9. The molecule has 0 unspecified atom stereocenters. The number of halogens is 2. The molecule has 0 aliphatic heterocycles. The summed E-state index contributed by atoms with van der Waals surface area (Å²) >= 11 is 0. The van der Waals surface area contributed by atoms with Crippen molar-refractivity contribution in [1.29, 1.82) is 0 Å². The van der Waals surface area contributed by atoms with E-state index in [0.29, 0.717) is 0 Å². The number of hydrogen-bond donors (Lipinski definition) is 0. The minimum atomic E-state index is -3.48. The second-order valence-corrected chi connectivity index (χ2v) is 16.1. The van der Waals surface area contributed by atoms with Gasteiger partial charge in [-0.25, -0.2) is 12.1 Å². The summed E-state index contributed by atoms with van der Waals surface area (Å²) in [6.45, 7) is 38.2. The van der Waals surface area contributed by atoms with E-state index >= 15 is 0 Å². The molecule has 0 saturated carbocycles. The maximum Gasteiger partial charge on any atom is 4.00 e. The summed E-state index contributed by atoms with van der Waals surface area (Å²) in [4.78, 5) is 0. The Morgan fingerprint density at radius 1 is 0.444 bits per heavy atom. The molecule has 1 aromatic carbocycles. The fraction of sp³-hybridized carbons (Fsp3) is 0.828. The van der Waals surface area contributed by atoms with Crippen LogP contribution in [-0.4, -0.2) is 42.7 Å². The molecular weight excluding hydrogens is 635 g/mol. The Bertz CT molecular complexity index is 537. The van der Waals surface area contributed by atoms with Crippen molar-refractivity contribution < 1.29 is 34.1 Å². The van der Waals surface area contributed by atoms with Gasteiger partial charge in [-0.05, 0) is 0 Å². The molecule has 0 aliphatic rings. The molecule has 3 nitrogen and oxygen atoms in total. The smallest absolute Gasteiger partial charge is 0.653 e. The molecular formula is C29H59F2HfN3Si. The zero-order valence-corrected chi connectivity index (χ0v) is 31.7. The van der Waals surface area contributed by atoms with Crippen molar-refractivity contribution in [1.82, 2.24) is 0 Å². The van der Waals surface area contributed by atoms with Gasteiger partial charge < -0.3 is 16.0 Å². The molecule has 1 rings (SSSR count). The van der Waals surface area contributed by atoms with E-state index in [2.05, 4.69) is 141 Å². The van der Waals surface area contributed by atoms with Crippen LogP contribution in [0.4, 0.5) is 8.22 Å². The molecule has 0 heterocycles. The molecule has 36 heavy (non-hydrogen) atoms. The van der Waals surface area contributed by atoms with E-state index in [0.717, 1.165) is 0 Å². The molecule has 0 radical (unpaired) electrons. The molecule has 0 spiro atoms. The first kappa shape index (κ1) is 43.2. The summed E-state index contributed by atoms with van der Waals surface area (Å²) in [5.41, 5.74) is 0.656. The predicted octanol–water partition coefficient (Wildman–Crippen LogP) is 9.64. The Balaban J connectivity index is -0.000000188. The van der Waals surface area contributed by atoms with Crippen LogP contribution in [0.25, 0.3) is 16.0 Å². The minimum Gasteiger partial charge on any atom is -0.653 e. The summed E-state index contributed by atoms with van der Waals surface area (Å²) in [6, 6.07) is 6.21. The van der Waals surface area contributed by atoms with Crippen LogP contribution in [0.2, 0.25) is 0 Å². The summed E-state index contributed by atoms with van der Waals surface area (Å²) in [5, 5.41) is 13.9. The third-order valence-electron chi connectivity index (χ3n) is 2.95. The van der Waals surface area contributed by atoms with Crippen LogP contribution in [0.1, 0.15) is 125 Å². The van der Waals surface area contributed by atoms with Crippen LogP contribution in [0, 0.1) is 0 Å². The molecule has 0 bridgehead atoms. The molecule has 0 aliphatic carbocycles. The van der Waals surface area contributed by atoms with E-state index < -0.39 is 9.46 Å². The van der Waals surface area contributed by atoms with Crippen LogP contribution in [0.3, 0.4) is 0 Å². The maximum atomic E-state index is 11.7. The molecule has 0 fully saturated rings. The quantitative estimate of drug-likeness (QED) is 0.160. The normalized spacial score (nSPS) is 12.8. The van der Waals surface area contributed by atoms with E-state index in [9.17, 15) is 8.22 Å². The number of hydrogen-bond acceptors (Lipinski definition) is 0. The second-order valence-electron chi connectivity index (χ2n) is 14.9. The Kier molecular flexibility index (Phi) is 20.4. The molecule has 1 aromatic rings. The number of nitrogens with zero attached hydrogens (tertiary/aromatic N) is 3. The van der Waals surface area contributed by atoms with Crippen molar-refractivity contribution in [3.05, 3.63) is 40.2 Å². The van der Waals surface area contributed by atoms with E-state index in [4.69, 9.17) is 0 Å². The van der Waals surface area contributed by atoms with Gasteiger partial charge in [-0.15, -0.1) is 38.4 Å². The molecule has 0 saturated heterocycles. The largest absolute Gasteiger partial charge is 4.00 e. The first-order valence-electron chi connectivity index (χ1n) is 12.6. The fourth-order valence-electron chi connectivity index (χ4n) is 3.55. The standard InChI is InChI=1S/3C8H18N.C5H5F2Si.Hf/c3*1-7(2,3)9-8(4,5)6;6-8(7)5-3-1-2-4-5;/h3*1-6H3;1-4,8H;/q4*-1;+4. The van der Waals surface area contributed by atoms with Crippen molar-refractivity contribution in [2.75, 3.05) is 0 Å². The minimum absolute atomic E-state index is 0. The van der Waals surface area contributed by atoms with Gasteiger partial charge in [0.2, 0.25) is 0 Å². The third-order valence-corrected chi connectivity index (χ3v) is 3.84. The van der Waals surface area contributed by atoms with Crippen molar-refractivity contribution in [3.8, 4) is 0 Å². The monoisotopic (exact) mass is 695 g/mol. The summed E-state index contributed by atoms with van der Waals surface area (Å²) in [5.74, 6) is 0. The molecule has 0 amide bonds. The van der Waals surface area contributed by atoms with Gasteiger partial charge in [-0.2, -0.15) is 12.1 Å². The van der Waals surface area contributed by atoms with Crippen LogP contribution < -0.4 is 5.19 Å². The maximum absolute atomic E-state index is 11.7. The van der Waals surface area contributed by atoms with Gasteiger partial charge >= 0.3 is 35.3 Å². The Hall–Kier alpha value is 0.177. The summed E-state index contributed by atoms with van der Waals surface area (Å²) in [7, 11) is -3.48. The van der Waals surface area contributed by atoms with Gasteiger partial charge in [0, 0.05) is 0 Å². The van der Waals surface area contributed by atoms with Crippen LogP contribution in [-0.2, 0) is 25.8 Å². The molecule has 7 heteroatoms. The van der Waals surface area contributed by atoms with Crippen LogP contribution in [0.15, 0.2) is 24.3 Å². The Morgan fingerprint density at radius 3 is 0.667 bits per heavy atom. The van der Waals surface area contributed by atoms with Gasteiger partial charge in [-0.1, -0.05) is 125 Å². The van der Waals surface area contributed by atoms with Gasteiger partial charge in [0.1, 0.15) is 0 Å².